The summed E-state index contributed by atoms with van der Waals surface area (Å²) in [7, 11) is -3.67. The lowest BCUT2D eigenvalue weighted by molar-refractivity contribution is 0.101. The molecule has 1 heterocycles. The number of aliphatic hydroxyl groups is 1. The molecule has 3 aromatic rings. The Kier molecular flexibility index (Phi) is 5.90. The first kappa shape index (κ1) is 20.8. The van der Waals surface area contributed by atoms with Crippen molar-refractivity contribution in [3.05, 3.63) is 58.1 Å². The fourth-order valence-corrected chi connectivity index (χ4v) is 4.05. The quantitative estimate of drug-likeness (QED) is 0.555. The number of fused-ring (bicyclic) bond motifs is 1. The van der Waals surface area contributed by atoms with Gasteiger partial charge in [0.25, 0.3) is 0 Å². The molecule has 3 rings (SSSR count). The number of Topliss-reactive ketones (excluding diaryl/α,β-unsaturated/α-hetero) is 1. The molecule has 0 atom stereocenters. The van der Waals surface area contributed by atoms with Gasteiger partial charge in [0.05, 0.1) is 35.9 Å². The fourth-order valence-electron chi connectivity index (χ4n) is 3.02. The van der Waals surface area contributed by atoms with Gasteiger partial charge in [-0.1, -0.05) is 0 Å². The predicted molar refractivity (Wildman–Crippen MR) is 106 cm³/mol. The fraction of sp³-hybridized carbons (Fsp3) is 0.300. The highest BCUT2D eigenvalue weighted by Crippen LogP contribution is 2.25. The molecular formula is C20H21NO7S. The number of aromatic nitrogens is 1. The van der Waals surface area contributed by atoms with Crippen molar-refractivity contribution in [3.8, 4) is 5.75 Å². The normalized spacial score (nSPS) is 11.7. The summed E-state index contributed by atoms with van der Waals surface area (Å²) in [5.74, 6) is -0.648. The highest BCUT2D eigenvalue weighted by Gasteiger charge is 2.18. The van der Waals surface area contributed by atoms with E-state index in [1.807, 2.05) is 6.92 Å². The van der Waals surface area contributed by atoms with E-state index in [1.54, 1.807) is 18.2 Å². The van der Waals surface area contributed by atoms with Crippen LogP contribution in [0.2, 0.25) is 0 Å². The Labute approximate surface area is 167 Å². The van der Waals surface area contributed by atoms with Gasteiger partial charge in [0.2, 0.25) is 0 Å². The third kappa shape index (κ3) is 4.25. The number of aliphatic hydroxyl groups excluding tert-OH is 1. The first-order valence-corrected chi connectivity index (χ1v) is 10.7. The molecule has 2 aromatic carbocycles. The topological polar surface area (TPSA) is 116 Å². The monoisotopic (exact) mass is 419 g/mol. The summed E-state index contributed by atoms with van der Waals surface area (Å²) >= 11 is 0. The molecule has 0 saturated carbocycles. The molecule has 0 spiro atoms. The van der Waals surface area contributed by atoms with E-state index in [0.29, 0.717) is 29.0 Å². The SMILES string of the molecule is CCOc1ccc(C(C)=O)cc1Cn1c(=O)oc2cc(S(=O)(=O)CCO)ccc21. The number of carbonyl (C=O) groups is 1. The predicted octanol–water partition coefficient (Wildman–Crippen LogP) is 2.01. The first-order chi connectivity index (χ1) is 13.8. The van der Waals surface area contributed by atoms with Crippen LogP contribution in [-0.4, -0.2) is 42.8 Å². The highest BCUT2D eigenvalue weighted by atomic mass is 32.2. The Bertz CT molecular complexity index is 1220. The zero-order chi connectivity index (χ0) is 21.2. The maximum absolute atomic E-state index is 12.4. The van der Waals surface area contributed by atoms with E-state index in [1.165, 1.54) is 29.7 Å². The number of nitrogens with zero attached hydrogens (tertiary/aromatic N) is 1. The molecule has 0 fully saturated rings. The number of hydrogen-bond acceptors (Lipinski definition) is 7. The molecule has 0 saturated heterocycles. The maximum atomic E-state index is 12.4. The Morgan fingerprint density at radius 3 is 2.62 bits per heavy atom. The number of ketones is 1. The average Bonchev–Trinajstić information content (AvgIpc) is 2.97. The molecule has 0 aliphatic heterocycles. The number of oxazole rings is 1. The molecule has 0 radical (unpaired) electrons. The van der Waals surface area contributed by atoms with Crippen LogP contribution in [0.5, 0.6) is 5.75 Å². The van der Waals surface area contributed by atoms with Crippen molar-refractivity contribution in [3.63, 3.8) is 0 Å². The summed E-state index contributed by atoms with van der Waals surface area (Å²) in [4.78, 5) is 24.1. The van der Waals surface area contributed by atoms with Gasteiger partial charge in [0.1, 0.15) is 5.75 Å². The van der Waals surface area contributed by atoms with Crippen molar-refractivity contribution < 1.29 is 27.5 Å². The van der Waals surface area contributed by atoms with Crippen molar-refractivity contribution >= 4 is 26.7 Å². The molecule has 0 amide bonds. The van der Waals surface area contributed by atoms with Gasteiger partial charge in [0, 0.05) is 17.2 Å². The zero-order valence-electron chi connectivity index (χ0n) is 16.0. The van der Waals surface area contributed by atoms with Gasteiger partial charge in [-0.15, -0.1) is 0 Å². The number of ether oxygens (including phenoxy) is 1. The van der Waals surface area contributed by atoms with E-state index in [0.717, 1.165) is 0 Å². The Morgan fingerprint density at radius 1 is 1.21 bits per heavy atom. The highest BCUT2D eigenvalue weighted by molar-refractivity contribution is 7.91. The lowest BCUT2D eigenvalue weighted by atomic mass is 10.1. The summed E-state index contributed by atoms with van der Waals surface area (Å²) in [6.07, 6.45) is 0. The molecule has 0 aliphatic rings. The Balaban J connectivity index is 2.08. The van der Waals surface area contributed by atoms with Gasteiger partial charge in [-0.3, -0.25) is 9.36 Å². The molecule has 0 unspecified atom stereocenters. The van der Waals surface area contributed by atoms with Crippen molar-refractivity contribution in [1.29, 1.82) is 0 Å². The van der Waals surface area contributed by atoms with E-state index in [4.69, 9.17) is 14.3 Å². The van der Waals surface area contributed by atoms with E-state index in [2.05, 4.69) is 0 Å². The lowest BCUT2D eigenvalue weighted by Gasteiger charge is -2.12. The van der Waals surface area contributed by atoms with Crippen molar-refractivity contribution in [2.24, 2.45) is 0 Å². The second kappa shape index (κ2) is 8.22. The van der Waals surface area contributed by atoms with E-state index in [-0.39, 0.29) is 22.8 Å². The number of sulfone groups is 1. The van der Waals surface area contributed by atoms with Crippen LogP contribution in [-0.2, 0) is 16.4 Å². The van der Waals surface area contributed by atoms with Crippen molar-refractivity contribution in [2.75, 3.05) is 19.0 Å². The van der Waals surface area contributed by atoms with Gasteiger partial charge < -0.3 is 14.3 Å². The summed E-state index contributed by atoms with van der Waals surface area (Å²) in [5, 5.41) is 8.93. The average molecular weight is 419 g/mol. The van der Waals surface area contributed by atoms with E-state index >= 15 is 0 Å². The van der Waals surface area contributed by atoms with Crippen LogP contribution < -0.4 is 10.5 Å². The molecule has 1 N–H and O–H groups in total. The molecule has 154 valence electrons. The molecule has 29 heavy (non-hydrogen) atoms. The zero-order valence-corrected chi connectivity index (χ0v) is 16.9. The van der Waals surface area contributed by atoms with Crippen LogP contribution in [0.15, 0.2) is 50.5 Å². The summed E-state index contributed by atoms with van der Waals surface area (Å²) in [6, 6.07) is 9.13. The number of rotatable bonds is 8. The summed E-state index contributed by atoms with van der Waals surface area (Å²) in [6.45, 7) is 3.28. The minimum Gasteiger partial charge on any atom is -0.494 e. The minimum absolute atomic E-state index is 0.0338. The van der Waals surface area contributed by atoms with Gasteiger partial charge in [-0.2, -0.15) is 0 Å². The first-order valence-electron chi connectivity index (χ1n) is 9.00. The Hall–Kier alpha value is -2.91. The van der Waals surface area contributed by atoms with Gasteiger partial charge in [-0.05, 0) is 44.2 Å². The molecular weight excluding hydrogens is 398 g/mol. The minimum atomic E-state index is -3.67. The molecule has 1 aromatic heterocycles. The molecule has 0 bridgehead atoms. The third-order valence-corrected chi connectivity index (χ3v) is 6.15. The van der Waals surface area contributed by atoms with E-state index < -0.39 is 28.0 Å². The van der Waals surface area contributed by atoms with Crippen LogP contribution in [0.4, 0.5) is 0 Å². The molecule has 8 nitrogen and oxygen atoms in total. The van der Waals surface area contributed by atoms with Crippen LogP contribution in [0.1, 0.15) is 29.8 Å². The second-order valence-electron chi connectivity index (χ2n) is 6.44. The number of benzene rings is 2. The maximum Gasteiger partial charge on any atom is 0.420 e. The van der Waals surface area contributed by atoms with Gasteiger partial charge in [-0.25, -0.2) is 13.2 Å². The number of carbonyl (C=O) groups excluding carboxylic acids is 1. The molecule has 9 heteroatoms. The van der Waals surface area contributed by atoms with E-state index in [9.17, 15) is 18.0 Å². The van der Waals surface area contributed by atoms with Crippen molar-refractivity contribution in [1.82, 2.24) is 4.57 Å². The van der Waals surface area contributed by atoms with Crippen LogP contribution >= 0.6 is 0 Å². The summed E-state index contributed by atoms with van der Waals surface area (Å²) in [5.41, 5.74) is 1.64. The van der Waals surface area contributed by atoms with Crippen LogP contribution in [0.3, 0.4) is 0 Å². The van der Waals surface area contributed by atoms with Crippen LogP contribution in [0, 0.1) is 0 Å². The standard InChI is InChI=1S/C20H21NO7S/c1-3-27-18-7-4-14(13(2)23)10-15(18)12-21-17-6-5-16(29(25,26)9-8-22)11-19(17)28-20(21)24/h4-7,10-11,22H,3,8-9,12H2,1-2H3. The van der Waals surface area contributed by atoms with Gasteiger partial charge in [0.15, 0.2) is 21.2 Å². The summed E-state index contributed by atoms with van der Waals surface area (Å²) < 4.78 is 36.5. The molecule has 0 aliphatic carbocycles. The number of hydrogen-bond donors (Lipinski definition) is 1. The lowest BCUT2D eigenvalue weighted by Crippen LogP contribution is -2.16. The van der Waals surface area contributed by atoms with Gasteiger partial charge >= 0.3 is 5.76 Å². The second-order valence-corrected chi connectivity index (χ2v) is 8.55. The smallest absolute Gasteiger partial charge is 0.420 e. The largest absolute Gasteiger partial charge is 0.494 e. The van der Waals surface area contributed by atoms with Crippen molar-refractivity contribution in [2.45, 2.75) is 25.3 Å². The third-order valence-electron chi connectivity index (χ3n) is 4.45. The van der Waals surface area contributed by atoms with Crippen LogP contribution in [0.25, 0.3) is 11.1 Å². The Morgan fingerprint density at radius 2 is 1.97 bits per heavy atom.